The molecule has 0 aliphatic rings. The maximum Gasteiger partial charge on any atom is 0.335 e. The standard InChI is InChI=1S/C33H37IN4O5S.ClH/c1-21-8-6-9-22(2)30(21)28-17-29(37-32(36-28)38-44(41,42)27-11-7-10-24(16-27)31(39)40)43-20-26(18-33(3,4)5)35-19-23-12-14-25(34)15-13-23;/h6-17,26,35H,18-20H2,1-5H3,(H,39,40)(H,36,37,38);1H/t26-;/m1./s1. The summed E-state index contributed by atoms with van der Waals surface area (Å²) < 4.78 is 36.4. The van der Waals surface area contributed by atoms with Gasteiger partial charge in [-0.15, -0.1) is 12.4 Å². The number of hydrogen-bond donors (Lipinski definition) is 3. The zero-order valence-corrected chi connectivity index (χ0v) is 29.6. The van der Waals surface area contributed by atoms with Crippen LogP contribution in [0.25, 0.3) is 11.3 Å². The van der Waals surface area contributed by atoms with Crippen molar-refractivity contribution in [2.24, 2.45) is 5.41 Å². The maximum atomic E-state index is 13.3. The third kappa shape index (κ3) is 10.4. The minimum atomic E-state index is -4.21. The highest BCUT2D eigenvalue weighted by Gasteiger charge is 2.22. The molecule has 3 aromatic carbocycles. The van der Waals surface area contributed by atoms with E-state index in [1.54, 1.807) is 6.07 Å². The zero-order chi connectivity index (χ0) is 32.1. The van der Waals surface area contributed by atoms with Crippen LogP contribution in [0.4, 0.5) is 5.95 Å². The minimum absolute atomic E-state index is 0. The second kappa shape index (κ2) is 15.4. The first-order valence-corrected chi connectivity index (χ1v) is 16.7. The van der Waals surface area contributed by atoms with E-state index in [2.05, 4.69) is 87.6 Å². The van der Waals surface area contributed by atoms with Crippen molar-refractivity contribution in [1.82, 2.24) is 15.3 Å². The monoisotopic (exact) mass is 764 g/mol. The summed E-state index contributed by atoms with van der Waals surface area (Å²) in [6.45, 7) is 11.4. The summed E-state index contributed by atoms with van der Waals surface area (Å²) >= 11 is 2.29. The fourth-order valence-corrected chi connectivity index (χ4v) is 6.20. The van der Waals surface area contributed by atoms with Gasteiger partial charge in [-0.25, -0.2) is 22.9 Å². The van der Waals surface area contributed by atoms with Crippen molar-refractivity contribution in [2.45, 2.75) is 58.5 Å². The van der Waals surface area contributed by atoms with Crippen molar-refractivity contribution in [3.05, 3.63) is 98.6 Å². The van der Waals surface area contributed by atoms with Gasteiger partial charge in [0.25, 0.3) is 10.0 Å². The Morgan fingerprint density at radius 1 is 0.978 bits per heavy atom. The summed E-state index contributed by atoms with van der Waals surface area (Å²) in [4.78, 5) is 20.2. The van der Waals surface area contributed by atoms with Crippen LogP contribution in [-0.4, -0.2) is 42.1 Å². The van der Waals surface area contributed by atoms with E-state index in [9.17, 15) is 18.3 Å². The van der Waals surface area contributed by atoms with Gasteiger partial charge in [-0.1, -0.05) is 57.2 Å². The van der Waals surface area contributed by atoms with Gasteiger partial charge in [0.2, 0.25) is 11.8 Å². The lowest BCUT2D eigenvalue weighted by Gasteiger charge is -2.27. The van der Waals surface area contributed by atoms with Gasteiger partial charge in [-0.2, -0.15) is 4.98 Å². The Hall–Kier alpha value is -3.26. The van der Waals surface area contributed by atoms with Crippen molar-refractivity contribution in [2.75, 3.05) is 11.3 Å². The summed E-state index contributed by atoms with van der Waals surface area (Å²) in [5, 5.41) is 12.9. The molecule has 4 rings (SSSR count). The number of nitrogens with zero attached hydrogens (tertiary/aromatic N) is 2. The van der Waals surface area contributed by atoms with Crippen LogP contribution in [0.2, 0.25) is 0 Å². The van der Waals surface area contributed by atoms with Gasteiger partial charge in [-0.3, -0.25) is 0 Å². The van der Waals surface area contributed by atoms with E-state index in [1.807, 2.05) is 32.0 Å². The predicted octanol–water partition coefficient (Wildman–Crippen LogP) is 7.26. The normalized spacial score (nSPS) is 12.2. The van der Waals surface area contributed by atoms with E-state index in [0.717, 1.165) is 34.7 Å². The van der Waals surface area contributed by atoms with Crippen LogP contribution in [0.15, 0.2) is 77.7 Å². The van der Waals surface area contributed by atoms with Gasteiger partial charge in [0.05, 0.1) is 16.2 Å². The number of ether oxygens (including phenoxy) is 1. The molecule has 45 heavy (non-hydrogen) atoms. The molecule has 12 heteroatoms. The number of aryl methyl sites for hydroxylation is 2. The van der Waals surface area contributed by atoms with Gasteiger partial charge in [0.15, 0.2) is 0 Å². The molecule has 0 unspecified atom stereocenters. The molecule has 0 saturated heterocycles. The summed E-state index contributed by atoms with van der Waals surface area (Å²) in [5.41, 5.74) is 4.30. The second-order valence-corrected chi connectivity index (χ2v) is 14.8. The molecule has 4 aromatic rings. The third-order valence-electron chi connectivity index (χ3n) is 6.86. The maximum absolute atomic E-state index is 13.3. The molecule has 0 aliphatic heterocycles. The van der Waals surface area contributed by atoms with E-state index in [4.69, 9.17) is 4.74 Å². The Balaban J connectivity index is 0.00000552. The lowest BCUT2D eigenvalue weighted by Crippen LogP contribution is -2.37. The number of nitrogens with one attached hydrogen (secondary N) is 2. The molecule has 0 fully saturated rings. The lowest BCUT2D eigenvalue weighted by atomic mass is 9.88. The highest BCUT2D eigenvalue weighted by atomic mass is 127. The first-order chi connectivity index (χ1) is 20.7. The first-order valence-electron chi connectivity index (χ1n) is 14.1. The smallest absolute Gasteiger partial charge is 0.335 e. The van der Waals surface area contributed by atoms with Gasteiger partial charge < -0.3 is 15.2 Å². The van der Waals surface area contributed by atoms with Crippen LogP contribution >= 0.6 is 35.0 Å². The molecule has 0 bridgehead atoms. The number of aromatic carboxylic acids is 1. The van der Waals surface area contributed by atoms with E-state index < -0.39 is 16.0 Å². The van der Waals surface area contributed by atoms with E-state index in [0.29, 0.717) is 12.2 Å². The highest BCUT2D eigenvalue weighted by Crippen LogP contribution is 2.30. The molecule has 1 heterocycles. The van der Waals surface area contributed by atoms with Crippen molar-refractivity contribution in [1.29, 1.82) is 0 Å². The molecular weight excluding hydrogens is 727 g/mol. The summed E-state index contributed by atoms with van der Waals surface area (Å²) in [5.74, 6) is -1.20. The Morgan fingerprint density at radius 2 is 1.62 bits per heavy atom. The van der Waals surface area contributed by atoms with E-state index >= 15 is 0 Å². The topological polar surface area (TPSA) is 131 Å². The van der Waals surface area contributed by atoms with E-state index in [1.165, 1.54) is 21.8 Å². The first kappa shape index (κ1) is 36.2. The Morgan fingerprint density at radius 3 is 2.24 bits per heavy atom. The average molecular weight is 765 g/mol. The number of hydrogen-bond acceptors (Lipinski definition) is 7. The number of benzene rings is 3. The van der Waals surface area contributed by atoms with Crippen molar-refractivity contribution < 1.29 is 23.1 Å². The lowest BCUT2D eigenvalue weighted by molar-refractivity contribution is 0.0696. The number of carboxylic acids is 1. The fourth-order valence-electron chi connectivity index (χ4n) is 4.85. The van der Waals surface area contributed by atoms with Crippen molar-refractivity contribution in [3.8, 4) is 17.1 Å². The molecular formula is C33H38ClIN4O5S. The van der Waals surface area contributed by atoms with Crippen molar-refractivity contribution in [3.63, 3.8) is 0 Å². The van der Waals surface area contributed by atoms with Crippen molar-refractivity contribution >= 4 is 56.9 Å². The number of rotatable bonds is 12. The number of anilines is 1. The zero-order valence-electron chi connectivity index (χ0n) is 25.8. The quantitative estimate of drug-likeness (QED) is 0.129. The average Bonchev–Trinajstić information content (AvgIpc) is 2.94. The summed E-state index contributed by atoms with van der Waals surface area (Å²) in [6.07, 6.45) is 0.825. The van der Waals surface area contributed by atoms with E-state index in [-0.39, 0.29) is 52.8 Å². The molecule has 240 valence electrons. The molecule has 1 aromatic heterocycles. The summed E-state index contributed by atoms with van der Waals surface area (Å²) in [7, 11) is -4.21. The Bertz CT molecular complexity index is 1720. The molecule has 0 amide bonds. The molecule has 0 spiro atoms. The van der Waals surface area contributed by atoms with Crippen LogP contribution < -0.4 is 14.8 Å². The van der Waals surface area contributed by atoms with Crippen LogP contribution in [0.3, 0.4) is 0 Å². The number of halogens is 2. The number of aromatic nitrogens is 2. The van der Waals surface area contributed by atoms with Crippen LogP contribution in [0.5, 0.6) is 5.88 Å². The Kier molecular flexibility index (Phi) is 12.4. The van der Waals surface area contributed by atoms with Crippen LogP contribution in [0.1, 0.15) is 54.2 Å². The van der Waals surface area contributed by atoms with Gasteiger partial charge >= 0.3 is 5.97 Å². The fraction of sp³-hybridized carbons (Fsp3) is 0.303. The van der Waals surface area contributed by atoms with Gasteiger partial charge in [0.1, 0.15) is 6.61 Å². The van der Waals surface area contributed by atoms with Crippen LogP contribution in [-0.2, 0) is 16.6 Å². The molecule has 3 N–H and O–H groups in total. The summed E-state index contributed by atoms with van der Waals surface area (Å²) in [6, 6.07) is 21.0. The van der Waals surface area contributed by atoms with Crippen LogP contribution in [0, 0.1) is 22.8 Å². The number of sulfonamides is 1. The predicted molar refractivity (Wildman–Crippen MR) is 188 cm³/mol. The number of carboxylic acid groups (broad SMARTS) is 1. The SMILES string of the molecule is Cc1cccc(C)c1-c1cc(OC[C@@H](CC(C)(C)C)NCc2ccc(I)cc2)nc(NS(=O)(=O)c2cccc(C(=O)O)c2)n1.Cl. The third-order valence-corrected chi connectivity index (χ3v) is 8.90. The highest BCUT2D eigenvalue weighted by molar-refractivity contribution is 14.1. The number of carbonyl (C=O) groups is 1. The molecule has 0 saturated carbocycles. The molecule has 0 radical (unpaired) electrons. The van der Waals surface area contributed by atoms with Gasteiger partial charge in [0, 0.05) is 27.8 Å². The largest absolute Gasteiger partial charge is 0.478 e. The second-order valence-electron chi connectivity index (χ2n) is 11.9. The minimum Gasteiger partial charge on any atom is -0.478 e. The molecule has 0 aliphatic carbocycles. The molecule has 9 nitrogen and oxygen atoms in total. The van der Waals surface area contributed by atoms with Gasteiger partial charge in [-0.05, 0) is 95.3 Å². The molecule has 1 atom stereocenters. The Labute approximate surface area is 284 Å².